The lowest BCUT2D eigenvalue weighted by Crippen LogP contribution is -2.35. The maximum atomic E-state index is 14.0. The van der Waals surface area contributed by atoms with E-state index in [4.69, 9.17) is 10.2 Å². The Morgan fingerprint density at radius 3 is 2.17 bits per heavy atom. The molecule has 0 aliphatic heterocycles. The molecule has 2 N–H and O–H groups in total. The van der Waals surface area contributed by atoms with Gasteiger partial charge in [0.15, 0.2) is 0 Å². The summed E-state index contributed by atoms with van der Waals surface area (Å²) in [4.78, 5) is 0. The van der Waals surface area contributed by atoms with E-state index in [0.717, 1.165) is 16.1 Å². The van der Waals surface area contributed by atoms with Gasteiger partial charge in [-0.15, -0.1) is 10.2 Å². The van der Waals surface area contributed by atoms with Gasteiger partial charge in [0.05, 0.1) is 23.4 Å². The zero-order valence-electron chi connectivity index (χ0n) is 22.4. The summed E-state index contributed by atoms with van der Waals surface area (Å²) >= 11 is 0. The van der Waals surface area contributed by atoms with Crippen LogP contribution in [0.4, 0.5) is 18.9 Å². The largest absolute Gasteiger partial charge is 0.419 e. The van der Waals surface area contributed by atoms with Crippen molar-refractivity contribution in [2.24, 2.45) is 5.73 Å². The van der Waals surface area contributed by atoms with Crippen LogP contribution in [0.15, 0.2) is 83.3 Å². The molecule has 0 aliphatic rings. The molecule has 0 aliphatic carbocycles. The Bertz CT molecular complexity index is 1540. The Morgan fingerprint density at radius 1 is 0.950 bits per heavy atom. The molecule has 4 aromatic rings. The fourth-order valence-electron chi connectivity index (χ4n) is 4.50. The highest BCUT2D eigenvalue weighted by Crippen LogP contribution is 2.39. The monoisotopic (exact) mass is 572 g/mol. The van der Waals surface area contributed by atoms with Gasteiger partial charge >= 0.3 is 6.18 Å². The number of halogens is 3. The first-order valence-electron chi connectivity index (χ1n) is 12.6. The number of nitrogens with two attached hydrogens (primary N) is 1. The van der Waals surface area contributed by atoms with Crippen LogP contribution in [-0.4, -0.2) is 38.1 Å². The van der Waals surface area contributed by atoms with Gasteiger partial charge in [-0.3, -0.25) is 4.31 Å². The third-order valence-electron chi connectivity index (χ3n) is 6.73. The molecule has 2 atom stereocenters. The van der Waals surface area contributed by atoms with Gasteiger partial charge < -0.3 is 10.2 Å². The van der Waals surface area contributed by atoms with Gasteiger partial charge in [-0.2, -0.15) is 13.2 Å². The highest BCUT2D eigenvalue weighted by molar-refractivity contribution is 7.92. The molecule has 212 valence electrons. The van der Waals surface area contributed by atoms with E-state index in [-0.39, 0.29) is 35.9 Å². The van der Waals surface area contributed by atoms with Crippen LogP contribution in [0.3, 0.4) is 0 Å². The van der Waals surface area contributed by atoms with Crippen molar-refractivity contribution in [3.63, 3.8) is 0 Å². The summed E-state index contributed by atoms with van der Waals surface area (Å²) in [5.41, 5.74) is 7.79. The van der Waals surface area contributed by atoms with E-state index in [1.165, 1.54) is 19.2 Å². The van der Waals surface area contributed by atoms with Crippen LogP contribution in [0.25, 0.3) is 11.5 Å². The number of hydrogen-bond donors (Lipinski definition) is 1. The molecule has 1 heterocycles. The smallest absolute Gasteiger partial charge is 0.395 e. The lowest BCUT2D eigenvalue weighted by molar-refractivity contribution is -0.151. The number of rotatable bonds is 10. The van der Waals surface area contributed by atoms with Crippen molar-refractivity contribution in [3.05, 3.63) is 101 Å². The number of nitrogens with zero attached hydrogens (tertiary/aromatic N) is 3. The highest BCUT2D eigenvalue weighted by Gasteiger charge is 2.40. The van der Waals surface area contributed by atoms with Gasteiger partial charge in [-0.25, -0.2) is 8.42 Å². The van der Waals surface area contributed by atoms with Gasteiger partial charge in [-0.1, -0.05) is 60.7 Å². The van der Waals surface area contributed by atoms with Crippen LogP contribution >= 0.6 is 0 Å². The van der Waals surface area contributed by atoms with E-state index in [1.807, 2.05) is 30.3 Å². The zero-order chi connectivity index (χ0) is 29.1. The predicted octanol–water partition coefficient (Wildman–Crippen LogP) is 5.83. The molecule has 4 rings (SSSR count). The third-order valence-corrected chi connectivity index (χ3v) is 7.94. The Kier molecular flexibility index (Phi) is 8.36. The van der Waals surface area contributed by atoms with Crippen molar-refractivity contribution in [1.29, 1.82) is 0 Å². The van der Waals surface area contributed by atoms with E-state index in [2.05, 4.69) is 10.2 Å². The number of aryl methyl sites for hydroxylation is 1. The first-order valence-corrected chi connectivity index (χ1v) is 14.5. The highest BCUT2D eigenvalue weighted by atomic mass is 32.2. The standard InChI is InChI=1S/C29H31F3N4O3S/c1-28(33,19-20-10-6-4-7-11-20)27-35-34-26(39-27)23-16-21(17-24(18-23)36(2)40(3,37)38)14-15-25(29(30,31)32)22-12-8-5-9-13-22/h4-13,16-18,25H,14-15,19,33H2,1-3H3/t25?,28-/m1/s1. The first kappa shape index (κ1) is 29.3. The molecule has 3 aromatic carbocycles. The fourth-order valence-corrected chi connectivity index (χ4v) is 4.99. The number of aromatic nitrogens is 2. The van der Waals surface area contributed by atoms with Crippen molar-refractivity contribution in [3.8, 4) is 11.5 Å². The van der Waals surface area contributed by atoms with Crippen molar-refractivity contribution in [2.45, 2.75) is 43.8 Å². The molecule has 0 saturated carbocycles. The van der Waals surface area contributed by atoms with Crippen molar-refractivity contribution in [2.75, 3.05) is 17.6 Å². The molecule has 0 spiro atoms. The molecule has 1 unspecified atom stereocenters. The zero-order valence-corrected chi connectivity index (χ0v) is 23.2. The van der Waals surface area contributed by atoms with Crippen molar-refractivity contribution < 1.29 is 26.0 Å². The average molecular weight is 573 g/mol. The number of benzene rings is 3. The second-order valence-electron chi connectivity index (χ2n) is 10.2. The summed E-state index contributed by atoms with van der Waals surface area (Å²) in [6.07, 6.45) is -3.18. The average Bonchev–Trinajstić information content (AvgIpc) is 3.40. The fraction of sp³-hybridized carbons (Fsp3) is 0.310. The molecule has 0 saturated heterocycles. The van der Waals surface area contributed by atoms with Gasteiger partial charge in [0, 0.05) is 12.6 Å². The predicted molar refractivity (Wildman–Crippen MR) is 148 cm³/mol. The number of hydrogen-bond acceptors (Lipinski definition) is 6. The minimum Gasteiger partial charge on any atom is -0.419 e. The number of anilines is 1. The summed E-state index contributed by atoms with van der Waals surface area (Å²) < 4.78 is 73.4. The second kappa shape index (κ2) is 11.4. The normalized spacial score (nSPS) is 14.5. The van der Waals surface area contributed by atoms with Crippen LogP contribution < -0.4 is 10.0 Å². The molecular formula is C29H31F3N4O3S. The minimum absolute atomic E-state index is 0.0289. The molecule has 7 nitrogen and oxygen atoms in total. The molecule has 11 heteroatoms. The first-order chi connectivity index (χ1) is 18.7. The SMILES string of the molecule is CN(c1cc(CCC(c2ccccc2)C(F)(F)F)cc(-c2nnc([C@](C)(N)Cc3ccccc3)o2)c1)S(C)(=O)=O. The van der Waals surface area contributed by atoms with E-state index >= 15 is 0 Å². The summed E-state index contributed by atoms with van der Waals surface area (Å²) in [6.45, 7) is 1.76. The molecular weight excluding hydrogens is 541 g/mol. The second-order valence-corrected chi connectivity index (χ2v) is 12.2. The lowest BCUT2D eigenvalue weighted by atomic mass is 9.91. The summed E-state index contributed by atoms with van der Waals surface area (Å²) in [6, 6.07) is 22.0. The Morgan fingerprint density at radius 2 is 1.57 bits per heavy atom. The van der Waals surface area contributed by atoms with Gasteiger partial charge in [0.2, 0.25) is 21.8 Å². The number of alkyl halides is 3. The van der Waals surface area contributed by atoms with Gasteiger partial charge in [0.1, 0.15) is 0 Å². The molecule has 0 fully saturated rings. The van der Waals surface area contributed by atoms with Crippen LogP contribution in [0, 0.1) is 0 Å². The maximum absolute atomic E-state index is 14.0. The molecule has 1 aromatic heterocycles. The Labute approximate surface area is 231 Å². The van der Waals surface area contributed by atoms with Gasteiger partial charge in [-0.05, 0) is 61.1 Å². The van der Waals surface area contributed by atoms with E-state index in [1.54, 1.807) is 43.3 Å². The van der Waals surface area contributed by atoms with E-state index in [0.29, 0.717) is 17.5 Å². The molecule has 0 bridgehead atoms. The van der Waals surface area contributed by atoms with Crippen LogP contribution in [-0.2, 0) is 28.4 Å². The Hall–Kier alpha value is -3.70. The summed E-state index contributed by atoms with van der Waals surface area (Å²) in [7, 11) is -2.28. The lowest BCUT2D eigenvalue weighted by Gasteiger charge is -2.22. The Balaban J connectivity index is 1.67. The maximum Gasteiger partial charge on any atom is 0.395 e. The number of sulfonamides is 1. The van der Waals surface area contributed by atoms with E-state index < -0.39 is 27.7 Å². The molecule has 40 heavy (non-hydrogen) atoms. The topological polar surface area (TPSA) is 102 Å². The molecule has 0 radical (unpaired) electrons. The van der Waals surface area contributed by atoms with Crippen LogP contribution in [0.2, 0.25) is 0 Å². The summed E-state index contributed by atoms with van der Waals surface area (Å²) in [5, 5.41) is 8.27. The van der Waals surface area contributed by atoms with Crippen LogP contribution in [0.5, 0.6) is 0 Å². The molecule has 0 amide bonds. The minimum atomic E-state index is -4.45. The van der Waals surface area contributed by atoms with Crippen LogP contribution in [0.1, 0.15) is 41.8 Å². The van der Waals surface area contributed by atoms with Crippen molar-refractivity contribution in [1.82, 2.24) is 10.2 Å². The summed E-state index contributed by atoms with van der Waals surface area (Å²) in [5.74, 6) is -1.42. The van der Waals surface area contributed by atoms with E-state index in [9.17, 15) is 21.6 Å². The van der Waals surface area contributed by atoms with Crippen molar-refractivity contribution >= 4 is 15.7 Å². The quantitative estimate of drug-likeness (QED) is 0.257. The van der Waals surface area contributed by atoms with Gasteiger partial charge in [0.25, 0.3) is 0 Å². The third kappa shape index (κ3) is 7.08.